The number of aromatic nitrogens is 2. The average Bonchev–Trinajstić information content (AvgIpc) is 3.08. The highest BCUT2D eigenvalue weighted by molar-refractivity contribution is 6.00. The maximum absolute atomic E-state index is 12.5. The third-order valence-corrected chi connectivity index (χ3v) is 4.77. The van der Waals surface area contributed by atoms with Crippen LogP contribution >= 0.6 is 0 Å². The molecule has 2 unspecified atom stereocenters. The van der Waals surface area contributed by atoms with Crippen LogP contribution in [0.4, 0.5) is 5.82 Å². The summed E-state index contributed by atoms with van der Waals surface area (Å²) in [6.45, 7) is 1.61. The molecule has 0 spiro atoms. The van der Waals surface area contributed by atoms with E-state index in [2.05, 4.69) is 14.9 Å². The molecular weight excluding hydrogens is 292 g/mol. The zero-order valence-corrected chi connectivity index (χ0v) is 12.4. The molecule has 2 aliphatic rings. The zero-order chi connectivity index (χ0) is 16.0. The van der Waals surface area contributed by atoms with E-state index >= 15 is 0 Å². The fourth-order valence-electron chi connectivity index (χ4n) is 3.51. The van der Waals surface area contributed by atoms with Crippen LogP contribution < -0.4 is 10.6 Å². The first-order valence-corrected chi connectivity index (χ1v) is 7.61. The minimum Gasteiger partial charge on any atom is -0.364 e. The van der Waals surface area contributed by atoms with E-state index in [9.17, 15) is 9.59 Å². The van der Waals surface area contributed by atoms with Crippen LogP contribution in [0.2, 0.25) is 0 Å². The van der Waals surface area contributed by atoms with Crippen molar-refractivity contribution in [1.82, 2.24) is 9.97 Å². The minimum atomic E-state index is -0.582. The van der Waals surface area contributed by atoms with Crippen molar-refractivity contribution in [1.29, 1.82) is 0 Å². The van der Waals surface area contributed by atoms with Gasteiger partial charge in [-0.15, -0.1) is 0 Å². The normalized spacial score (nSPS) is 25.0. The maximum Gasteiger partial charge on any atom is 0.268 e. The monoisotopic (exact) mass is 308 g/mol. The first-order valence-electron chi connectivity index (χ1n) is 7.61. The van der Waals surface area contributed by atoms with Crippen molar-refractivity contribution < 1.29 is 9.59 Å². The van der Waals surface area contributed by atoms with Crippen molar-refractivity contribution in [2.75, 3.05) is 18.0 Å². The van der Waals surface area contributed by atoms with Crippen LogP contribution in [0.3, 0.4) is 0 Å². The lowest BCUT2D eigenvalue weighted by molar-refractivity contribution is 0.0952. The lowest BCUT2D eigenvalue weighted by Crippen LogP contribution is -2.27. The largest absolute Gasteiger partial charge is 0.364 e. The summed E-state index contributed by atoms with van der Waals surface area (Å²) < 4.78 is 0. The zero-order valence-electron chi connectivity index (χ0n) is 12.4. The van der Waals surface area contributed by atoms with Gasteiger partial charge in [0.15, 0.2) is 5.78 Å². The molecule has 0 radical (unpaired) electrons. The molecule has 1 saturated carbocycles. The number of amides is 1. The Balaban J connectivity index is 1.42. The van der Waals surface area contributed by atoms with Crippen LogP contribution in [0, 0.1) is 17.8 Å². The van der Waals surface area contributed by atoms with Gasteiger partial charge in [-0.1, -0.05) is 30.3 Å². The number of benzene rings is 1. The Morgan fingerprint density at radius 1 is 1.04 bits per heavy atom. The highest BCUT2D eigenvalue weighted by atomic mass is 16.1. The Bertz CT molecular complexity index is 748. The summed E-state index contributed by atoms with van der Waals surface area (Å²) in [5, 5.41) is 0. The summed E-state index contributed by atoms with van der Waals surface area (Å²) in [6.07, 6.45) is 2.97. The van der Waals surface area contributed by atoms with Crippen LogP contribution in [-0.2, 0) is 0 Å². The van der Waals surface area contributed by atoms with E-state index in [0.29, 0.717) is 11.8 Å². The first-order chi connectivity index (χ1) is 11.1. The number of carbonyl (C=O) groups excluding carboxylic acids is 2. The molecule has 2 atom stereocenters. The van der Waals surface area contributed by atoms with Crippen molar-refractivity contribution in [3.05, 3.63) is 54.0 Å². The molecule has 1 amide bonds. The SMILES string of the molecule is NC(=O)c1cnc(N2CC3C(C2)C3C(=O)c2ccccc2)cn1. The second kappa shape index (κ2) is 5.15. The van der Waals surface area contributed by atoms with Crippen molar-refractivity contribution >= 4 is 17.5 Å². The van der Waals surface area contributed by atoms with E-state index in [0.717, 1.165) is 24.5 Å². The Morgan fingerprint density at radius 2 is 1.74 bits per heavy atom. The number of rotatable bonds is 4. The molecular formula is C17H16N4O2. The van der Waals surface area contributed by atoms with Crippen LogP contribution in [0.5, 0.6) is 0 Å². The minimum absolute atomic E-state index is 0.131. The fraction of sp³-hybridized carbons (Fsp3) is 0.294. The Labute approximate surface area is 133 Å². The van der Waals surface area contributed by atoms with Gasteiger partial charge in [-0.25, -0.2) is 9.97 Å². The number of hydrogen-bond acceptors (Lipinski definition) is 5. The number of nitrogens with two attached hydrogens (primary N) is 1. The molecule has 1 aliphatic heterocycles. The van der Waals surface area contributed by atoms with Gasteiger partial charge in [-0.05, 0) is 11.8 Å². The smallest absolute Gasteiger partial charge is 0.268 e. The highest BCUT2D eigenvalue weighted by Gasteiger charge is 2.59. The summed E-state index contributed by atoms with van der Waals surface area (Å²) in [4.78, 5) is 33.9. The Hall–Kier alpha value is -2.76. The number of piperidine rings is 1. The molecule has 1 aliphatic carbocycles. The van der Waals surface area contributed by atoms with Gasteiger partial charge >= 0.3 is 0 Å². The van der Waals surface area contributed by atoms with Gasteiger partial charge in [-0.2, -0.15) is 0 Å². The molecule has 1 aromatic carbocycles. The van der Waals surface area contributed by atoms with Crippen LogP contribution in [-0.4, -0.2) is 34.7 Å². The lowest BCUT2D eigenvalue weighted by Gasteiger charge is -2.20. The topological polar surface area (TPSA) is 89.2 Å². The quantitative estimate of drug-likeness (QED) is 0.856. The van der Waals surface area contributed by atoms with E-state index < -0.39 is 5.91 Å². The van der Waals surface area contributed by atoms with Gasteiger partial charge in [0.05, 0.1) is 12.4 Å². The fourth-order valence-corrected chi connectivity index (χ4v) is 3.51. The van der Waals surface area contributed by atoms with Crippen molar-refractivity contribution in [3.8, 4) is 0 Å². The average molecular weight is 308 g/mol. The molecule has 0 bridgehead atoms. The molecule has 2 heterocycles. The van der Waals surface area contributed by atoms with Gasteiger partial charge in [0.2, 0.25) is 0 Å². The number of nitrogens with zero attached hydrogens (tertiary/aromatic N) is 3. The number of carbonyl (C=O) groups is 2. The van der Waals surface area contributed by atoms with Gasteiger partial charge in [0.25, 0.3) is 5.91 Å². The van der Waals surface area contributed by atoms with E-state index in [1.807, 2.05) is 30.3 Å². The lowest BCUT2D eigenvalue weighted by atomic mass is 10.0. The van der Waals surface area contributed by atoms with E-state index in [1.165, 1.54) is 6.20 Å². The van der Waals surface area contributed by atoms with Crippen molar-refractivity contribution in [2.24, 2.45) is 23.5 Å². The molecule has 6 nitrogen and oxygen atoms in total. The van der Waals surface area contributed by atoms with Crippen LogP contribution in [0.15, 0.2) is 42.7 Å². The molecule has 1 saturated heterocycles. The second-order valence-electron chi connectivity index (χ2n) is 6.11. The molecule has 4 rings (SSSR count). The van der Waals surface area contributed by atoms with E-state index in [1.54, 1.807) is 6.20 Å². The summed E-state index contributed by atoms with van der Waals surface area (Å²) >= 11 is 0. The predicted molar refractivity (Wildman–Crippen MR) is 84.0 cm³/mol. The number of hydrogen-bond donors (Lipinski definition) is 1. The third-order valence-electron chi connectivity index (χ3n) is 4.77. The van der Waals surface area contributed by atoms with Crippen LogP contribution in [0.25, 0.3) is 0 Å². The third kappa shape index (κ3) is 2.36. The van der Waals surface area contributed by atoms with Crippen molar-refractivity contribution in [3.63, 3.8) is 0 Å². The number of Topliss-reactive ketones (excluding diaryl/α,β-unsaturated/α-hetero) is 1. The first kappa shape index (κ1) is 13.9. The standard InChI is InChI=1S/C17H16N4O2/c18-17(23)13-6-20-14(7-19-13)21-8-11-12(9-21)15(11)16(22)10-4-2-1-3-5-10/h1-7,11-12,15H,8-9H2,(H2,18,23). The van der Waals surface area contributed by atoms with Gasteiger partial charge in [-0.3, -0.25) is 9.59 Å². The predicted octanol–water partition coefficient (Wildman–Crippen LogP) is 1.14. The summed E-state index contributed by atoms with van der Waals surface area (Å²) in [7, 11) is 0. The second-order valence-corrected chi connectivity index (χ2v) is 6.11. The molecule has 23 heavy (non-hydrogen) atoms. The molecule has 6 heteroatoms. The molecule has 2 aromatic rings. The molecule has 116 valence electrons. The van der Waals surface area contributed by atoms with E-state index in [4.69, 9.17) is 5.73 Å². The van der Waals surface area contributed by atoms with Gasteiger partial charge < -0.3 is 10.6 Å². The maximum atomic E-state index is 12.5. The molecule has 1 aromatic heterocycles. The highest BCUT2D eigenvalue weighted by Crippen LogP contribution is 2.53. The summed E-state index contributed by atoms with van der Waals surface area (Å²) in [5.41, 5.74) is 6.12. The number of ketones is 1. The summed E-state index contributed by atoms with van der Waals surface area (Å²) in [6, 6.07) is 9.46. The number of primary amides is 1. The molecule has 2 N–H and O–H groups in total. The molecule has 2 fully saturated rings. The Kier molecular flexibility index (Phi) is 3.11. The van der Waals surface area contributed by atoms with E-state index in [-0.39, 0.29) is 17.4 Å². The van der Waals surface area contributed by atoms with Gasteiger partial charge in [0.1, 0.15) is 11.5 Å². The van der Waals surface area contributed by atoms with Crippen molar-refractivity contribution in [2.45, 2.75) is 0 Å². The number of anilines is 1. The van der Waals surface area contributed by atoms with Crippen LogP contribution in [0.1, 0.15) is 20.8 Å². The van der Waals surface area contributed by atoms with Gasteiger partial charge in [0, 0.05) is 24.6 Å². The summed E-state index contributed by atoms with van der Waals surface area (Å²) in [5.74, 6) is 1.30. The number of fused-ring (bicyclic) bond motifs is 1. The Morgan fingerprint density at radius 3 is 2.30 bits per heavy atom.